The van der Waals surface area contributed by atoms with Crippen LogP contribution < -0.4 is 0 Å². The highest BCUT2D eigenvalue weighted by Gasteiger charge is 2.26. The van der Waals surface area contributed by atoms with Gasteiger partial charge in [0.1, 0.15) is 0 Å². The van der Waals surface area contributed by atoms with E-state index in [1.807, 2.05) is 6.20 Å². The second kappa shape index (κ2) is 7.06. The summed E-state index contributed by atoms with van der Waals surface area (Å²) in [5, 5.41) is 2.70. The normalized spacial score (nSPS) is 16.8. The molecule has 0 aliphatic heterocycles. The molecule has 2 heterocycles. The van der Waals surface area contributed by atoms with Crippen LogP contribution in [0.4, 0.5) is 0 Å². The van der Waals surface area contributed by atoms with Gasteiger partial charge >= 0.3 is 0 Å². The molecule has 0 saturated carbocycles. The van der Waals surface area contributed by atoms with Crippen LogP contribution in [-0.2, 0) is 20.0 Å². The molecule has 0 bridgehead atoms. The molecule has 1 aliphatic rings. The number of rotatable bonds is 4. The zero-order chi connectivity index (χ0) is 19.1. The summed E-state index contributed by atoms with van der Waals surface area (Å²) >= 11 is 0. The molecule has 5 rings (SSSR count). The molecule has 0 spiro atoms. The van der Waals surface area contributed by atoms with Crippen molar-refractivity contribution in [2.45, 2.75) is 38.8 Å². The highest BCUT2D eigenvalue weighted by atomic mass is 15.2. The maximum absolute atomic E-state index is 4.76. The van der Waals surface area contributed by atoms with Crippen molar-refractivity contribution in [1.82, 2.24) is 14.5 Å². The van der Waals surface area contributed by atoms with Crippen molar-refractivity contribution in [2.24, 2.45) is 7.05 Å². The fraction of sp³-hybridized carbons (Fsp3) is 0.320. The monoisotopic (exact) mass is 369 g/mol. The highest BCUT2D eigenvalue weighted by molar-refractivity contribution is 6.08. The van der Waals surface area contributed by atoms with E-state index in [1.54, 1.807) is 0 Å². The first-order chi connectivity index (χ1) is 13.8. The van der Waals surface area contributed by atoms with E-state index in [1.165, 1.54) is 57.9 Å². The van der Waals surface area contributed by atoms with Crippen molar-refractivity contribution >= 4 is 21.8 Å². The third-order valence-electron chi connectivity index (χ3n) is 6.38. The Kier molecular flexibility index (Phi) is 4.40. The maximum Gasteiger partial charge on any atom is 0.0607 e. The molecule has 1 atom stereocenters. The zero-order valence-corrected chi connectivity index (χ0v) is 16.7. The summed E-state index contributed by atoms with van der Waals surface area (Å²) in [5.41, 5.74) is 6.71. The molecule has 142 valence electrons. The summed E-state index contributed by atoms with van der Waals surface area (Å²) in [5.74, 6) is 0. The standard InChI is InChI=1S/C25H27N3/c1-3-28(24-12-6-8-19-9-7-15-26-25(19)24)17-18-13-14-23-21(16-18)20-10-4-5-11-22(20)27(23)2/h4-5,7,9-11,13-16,24H,3,6,8,12,17H2,1-2H3. The van der Waals surface area contributed by atoms with E-state index in [9.17, 15) is 0 Å². The van der Waals surface area contributed by atoms with Gasteiger partial charge in [-0.3, -0.25) is 9.88 Å². The summed E-state index contributed by atoms with van der Waals surface area (Å²) in [6, 6.07) is 20.4. The molecule has 0 saturated heterocycles. The van der Waals surface area contributed by atoms with Crippen LogP contribution in [0.2, 0.25) is 0 Å². The number of fused-ring (bicyclic) bond motifs is 4. The molecule has 0 amide bonds. The average molecular weight is 370 g/mol. The van der Waals surface area contributed by atoms with Gasteiger partial charge in [0.15, 0.2) is 0 Å². The lowest BCUT2D eigenvalue weighted by Crippen LogP contribution is -2.31. The number of benzene rings is 2. The first kappa shape index (κ1) is 17.4. The fourth-order valence-electron chi connectivity index (χ4n) is 4.93. The first-order valence-electron chi connectivity index (χ1n) is 10.4. The minimum atomic E-state index is 0.429. The van der Waals surface area contributed by atoms with Gasteiger partial charge in [-0.25, -0.2) is 0 Å². The topological polar surface area (TPSA) is 21.1 Å². The third-order valence-corrected chi connectivity index (χ3v) is 6.38. The molecule has 3 nitrogen and oxygen atoms in total. The largest absolute Gasteiger partial charge is 0.344 e. The number of aryl methyl sites for hydroxylation is 2. The van der Waals surface area contributed by atoms with Crippen molar-refractivity contribution in [3.63, 3.8) is 0 Å². The molecule has 3 heteroatoms. The number of aromatic nitrogens is 2. The van der Waals surface area contributed by atoms with Crippen molar-refractivity contribution < 1.29 is 0 Å². The maximum atomic E-state index is 4.76. The number of nitrogens with zero attached hydrogens (tertiary/aromatic N) is 3. The van der Waals surface area contributed by atoms with Gasteiger partial charge in [0.2, 0.25) is 0 Å². The van der Waals surface area contributed by atoms with Gasteiger partial charge in [-0.15, -0.1) is 0 Å². The van der Waals surface area contributed by atoms with Crippen LogP contribution in [-0.4, -0.2) is 21.0 Å². The Bertz CT molecular complexity index is 1140. The summed E-state index contributed by atoms with van der Waals surface area (Å²) in [7, 11) is 2.16. The Labute approximate surface area is 166 Å². The third kappa shape index (κ3) is 2.82. The van der Waals surface area contributed by atoms with E-state index in [2.05, 4.69) is 78.0 Å². The van der Waals surface area contributed by atoms with Gasteiger partial charge < -0.3 is 4.57 Å². The molecule has 2 aromatic heterocycles. The molecule has 0 N–H and O–H groups in total. The van der Waals surface area contributed by atoms with Crippen LogP contribution in [0.1, 0.15) is 42.6 Å². The summed E-state index contributed by atoms with van der Waals surface area (Å²) in [6.07, 6.45) is 5.57. The smallest absolute Gasteiger partial charge is 0.0607 e. The van der Waals surface area contributed by atoms with Gasteiger partial charge in [0.05, 0.1) is 11.7 Å². The molecule has 4 aromatic rings. The quantitative estimate of drug-likeness (QED) is 0.465. The van der Waals surface area contributed by atoms with Gasteiger partial charge in [-0.1, -0.05) is 37.3 Å². The van der Waals surface area contributed by atoms with Gasteiger partial charge in [0.25, 0.3) is 0 Å². The first-order valence-corrected chi connectivity index (χ1v) is 10.4. The lowest BCUT2D eigenvalue weighted by Gasteiger charge is -2.34. The van der Waals surface area contributed by atoms with Crippen LogP contribution in [0.25, 0.3) is 21.8 Å². The van der Waals surface area contributed by atoms with Gasteiger partial charge in [-0.2, -0.15) is 0 Å². The Hall–Kier alpha value is -2.65. The predicted octanol–water partition coefficient (Wildman–Crippen LogP) is 5.63. The molecule has 28 heavy (non-hydrogen) atoms. The molecule has 1 unspecified atom stereocenters. The van der Waals surface area contributed by atoms with Crippen molar-refractivity contribution in [3.05, 3.63) is 77.6 Å². The molecular weight excluding hydrogens is 342 g/mol. The minimum absolute atomic E-state index is 0.429. The Morgan fingerprint density at radius 1 is 1.04 bits per heavy atom. The van der Waals surface area contributed by atoms with Crippen LogP contribution in [0.3, 0.4) is 0 Å². The van der Waals surface area contributed by atoms with E-state index in [0.29, 0.717) is 6.04 Å². The van der Waals surface area contributed by atoms with Gasteiger partial charge in [0, 0.05) is 41.6 Å². The number of hydrogen-bond donors (Lipinski definition) is 0. The molecule has 2 aromatic carbocycles. The van der Waals surface area contributed by atoms with E-state index in [4.69, 9.17) is 4.98 Å². The summed E-state index contributed by atoms with van der Waals surface area (Å²) in [4.78, 5) is 7.35. The molecule has 1 aliphatic carbocycles. The Balaban J connectivity index is 1.51. The van der Waals surface area contributed by atoms with Crippen molar-refractivity contribution in [1.29, 1.82) is 0 Å². The lowest BCUT2D eigenvalue weighted by atomic mass is 9.90. The van der Waals surface area contributed by atoms with Crippen LogP contribution in [0.5, 0.6) is 0 Å². The molecule has 0 fully saturated rings. The number of pyridine rings is 1. The van der Waals surface area contributed by atoms with Crippen LogP contribution >= 0.6 is 0 Å². The highest BCUT2D eigenvalue weighted by Crippen LogP contribution is 2.34. The minimum Gasteiger partial charge on any atom is -0.344 e. The predicted molar refractivity (Wildman–Crippen MR) is 116 cm³/mol. The lowest BCUT2D eigenvalue weighted by molar-refractivity contribution is 0.175. The van der Waals surface area contributed by atoms with E-state index < -0.39 is 0 Å². The second-order valence-corrected chi connectivity index (χ2v) is 7.95. The second-order valence-electron chi connectivity index (χ2n) is 7.95. The van der Waals surface area contributed by atoms with Gasteiger partial charge in [-0.05, 0) is 61.2 Å². The van der Waals surface area contributed by atoms with Crippen LogP contribution in [0, 0.1) is 0 Å². The number of para-hydroxylation sites is 1. The number of hydrogen-bond acceptors (Lipinski definition) is 2. The van der Waals surface area contributed by atoms with E-state index >= 15 is 0 Å². The van der Waals surface area contributed by atoms with E-state index in [0.717, 1.165) is 13.1 Å². The summed E-state index contributed by atoms with van der Waals surface area (Å²) < 4.78 is 2.30. The zero-order valence-electron chi connectivity index (χ0n) is 16.7. The van der Waals surface area contributed by atoms with E-state index in [-0.39, 0.29) is 0 Å². The molecule has 0 radical (unpaired) electrons. The molecular formula is C25H27N3. The Morgan fingerprint density at radius 2 is 1.89 bits per heavy atom. The van der Waals surface area contributed by atoms with Crippen molar-refractivity contribution in [3.8, 4) is 0 Å². The SMILES string of the molecule is CCN(Cc1ccc2c(c1)c1ccccc1n2C)C1CCCc2cccnc21. The van der Waals surface area contributed by atoms with Crippen LogP contribution in [0.15, 0.2) is 60.8 Å². The average Bonchev–Trinajstić information content (AvgIpc) is 3.04. The Morgan fingerprint density at radius 3 is 2.79 bits per heavy atom. The summed E-state index contributed by atoms with van der Waals surface area (Å²) in [6.45, 7) is 4.28. The van der Waals surface area contributed by atoms with Crippen molar-refractivity contribution in [2.75, 3.05) is 6.54 Å². The fourth-order valence-corrected chi connectivity index (χ4v) is 4.93.